The van der Waals surface area contributed by atoms with E-state index in [4.69, 9.17) is 28.4 Å². The van der Waals surface area contributed by atoms with Gasteiger partial charge in [0.2, 0.25) is 25.1 Å². The molecule has 2 heterocycles. The molecule has 0 amide bonds. The van der Waals surface area contributed by atoms with Crippen molar-refractivity contribution in [3.63, 3.8) is 0 Å². The fourth-order valence-corrected chi connectivity index (χ4v) is 12.5. The molecule has 250 valence electrons. The number of methoxy groups -OCH3 is 2. The molecule has 0 unspecified atom stereocenters. The van der Waals surface area contributed by atoms with Crippen molar-refractivity contribution in [1.82, 2.24) is 0 Å². The maximum atomic E-state index is 16.3. The van der Waals surface area contributed by atoms with Crippen molar-refractivity contribution >= 4 is 46.1 Å². The van der Waals surface area contributed by atoms with Gasteiger partial charge in [-0.25, -0.2) is 0 Å². The molecule has 2 aliphatic heterocycles. The molecule has 8 nitrogen and oxygen atoms in total. The van der Waals surface area contributed by atoms with Crippen molar-refractivity contribution in [2.24, 2.45) is 0 Å². The number of rotatable bonds is 9. The molecule has 10 heteroatoms. The van der Waals surface area contributed by atoms with Crippen molar-refractivity contribution in [2.75, 3.05) is 27.8 Å². The third-order valence-electron chi connectivity index (χ3n) is 9.02. The van der Waals surface area contributed by atoms with Gasteiger partial charge in [0.05, 0.1) is 14.2 Å². The van der Waals surface area contributed by atoms with Gasteiger partial charge in [0.15, 0.2) is 37.3 Å². The molecule has 6 aromatic rings. The zero-order chi connectivity index (χ0) is 34.3. The Labute approximate surface area is 289 Å². The second kappa shape index (κ2) is 12.8. The molecule has 0 spiro atoms. The van der Waals surface area contributed by atoms with Gasteiger partial charge in [-0.3, -0.25) is 0 Å². The zero-order valence-corrected chi connectivity index (χ0v) is 29.1. The van der Waals surface area contributed by atoms with Gasteiger partial charge in [-0.05, 0) is 12.1 Å². The van der Waals surface area contributed by atoms with Crippen LogP contribution in [-0.2, 0) is 9.13 Å². The number of hydrogen-bond acceptors (Lipinski definition) is 8. The van der Waals surface area contributed by atoms with Crippen LogP contribution in [0.2, 0.25) is 0 Å². The SMILES string of the molecule is COc1cc(P(=O)(c2ccccc2)c2ccccc2)c(-c2c(P(=O)(c3ccccc3)c3ccccc3)cc(OC)c3c2OCO3)c2c1OCO2. The average Bonchev–Trinajstić information content (AvgIpc) is 3.89. The van der Waals surface area contributed by atoms with Crippen LogP contribution in [0.3, 0.4) is 0 Å². The quantitative estimate of drug-likeness (QED) is 0.167. The molecule has 0 bridgehead atoms. The van der Waals surface area contributed by atoms with Crippen LogP contribution in [0.15, 0.2) is 133 Å². The van der Waals surface area contributed by atoms with Gasteiger partial charge < -0.3 is 37.6 Å². The van der Waals surface area contributed by atoms with Crippen LogP contribution in [0, 0.1) is 0 Å². The predicted molar refractivity (Wildman–Crippen MR) is 196 cm³/mol. The van der Waals surface area contributed by atoms with E-state index in [1.165, 1.54) is 14.2 Å². The molecule has 0 aromatic heterocycles. The summed E-state index contributed by atoms with van der Waals surface area (Å²) in [5.74, 6) is 1.96. The van der Waals surface area contributed by atoms with Crippen molar-refractivity contribution in [3.05, 3.63) is 133 Å². The van der Waals surface area contributed by atoms with E-state index in [2.05, 4.69) is 0 Å². The summed E-state index contributed by atoms with van der Waals surface area (Å²) in [5, 5.41) is 3.15. The van der Waals surface area contributed by atoms with Crippen LogP contribution in [0.4, 0.5) is 0 Å². The van der Waals surface area contributed by atoms with Gasteiger partial charge in [-0.2, -0.15) is 0 Å². The average molecular weight is 703 g/mol. The molecule has 0 saturated carbocycles. The number of benzene rings is 6. The summed E-state index contributed by atoms with van der Waals surface area (Å²) in [6, 6.07) is 40.8. The van der Waals surface area contributed by atoms with Crippen molar-refractivity contribution in [1.29, 1.82) is 0 Å². The molecule has 0 fully saturated rings. The van der Waals surface area contributed by atoms with E-state index in [0.29, 0.717) is 77.5 Å². The highest BCUT2D eigenvalue weighted by Crippen LogP contribution is 2.60. The monoisotopic (exact) mass is 702 g/mol. The largest absolute Gasteiger partial charge is 0.493 e. The van der Waals surface area contributed by atoms with Gasteiger partial charge in [-0.15, -0.1) is 0 Å². The van der Waals surface area contributed by atoms with Crippen LogP contribution < -0.4 is 60.2 Å². The second-order valence-corrected chi connectivity index (χ2v) is 17.1. The second-order valence-electron chi connectivity index (χ2n) is 11.6. The molecule has 8 rings (SSSR count). The van der Waals surface area contributed by atoms with Crippen LogP contribution >= 0.6 is 14.3 Å². The number of hydrogen-bond donors (Lipinski definition) is 0. The standard InChI is InChI=1S/C40H32O8P2/c1-43-31-23-33(49(41,27-15-7-3-8-16-27)28-17-9-4-10-18-28)35(39-37(31)45-25-47-39)36-34(24-32(44-2)38-40(36)48-26-46-38)50(42,29-19-11-5-12-20-29)30-21-13-6-14-22-30/h3-24H,25-26H2,1-2H3. The van der Waals surface area contributed by atoms with Gasteiger partial charge in [0, 0.05) is 43.0 Å². The van der Waals surface area contributed by atoms with E-state index in [1.807, 2.05) is 121 Å². The lowest BCUT2D eigenvalue weighted by Gasteiger charge is -2.28. The van der Waals surface area contributed by atoms with Crippen LogP contribution in [-0.4, -0.2) is 27.8 Å². The van der Waals surface area contributed by atoms with E-state index in [-0.39, 0.29) is 13.6 Å². The van der Waals surface area contributed by atoms with Gasteiger partial charge in [-0.1, -0.05) is 121 Å². The third-order valence-corrected chi connectivity index (χ3v) is 15.2. The summed E-state index contributed by atoms with van der Waals surface area (Å²) in [6.07, 6.45) is 0. The number of ether oxygens (including phenoxy) is 6. The van der Waals surface area contributed by atoms with Crippen LogP contribution in [0.5, 0.6) is 34.5 Å². The van der Waals surface area contributed by atoms with Gasteiger partial charge in [0.25, 0.3) is 0 Å². The summed E-state index contributed by atoms with van der Waals surface area (Å²) in [5.41, 5.74) is 0.807. The maximum absolute atomic E-state index is 16.3. The molecule has 0 N–H and O–H groups in total. The summed E-state index contributed by atoms with van der Waals surface area (Å²) >= 11 is 0. The Morgan fingerprint density at radius 3 is 1.00 bits per heavy atom. The highest BCUT2D eigenvalue weighted by Gasteiger charge is 2.44. The lowest BCUT2D eigenvalue weighted by molar-refractivity contribution is 0.170. The van der Waals surface area contributed by atoms with Gasteiger partial charge in [0.1, 0.15) is 0 Å². The highest BCUT2D eigenvalue weighted by molar-refractivity contribution is 7.86. The summed E-state index contributed by atoms with van der Waals surface area (Å²) in [7, 11) is -4.43. The molecule has 50 heavy (non-hydrogen) atoms. The third kappa shape index (κ3) is 4.90. The summed E-state index contributed by atoms with van der Waals surface area (Å²) in [6.45, 7) is -0.216. The molecular formula is C40H32O8P2. The van der Waals surface area contributed by atoms with E-state index in [1.54, 1.807) is 12.1 Å². The Morgan fingerprint density at radius 1 is 0.440 bits per heavy atom. The fraction of sp³-hybridized carbons (Fsp3) is 0.100. The minimum absolute atomic E-state index is 0.108. The van der Waals surface area contributed by atoms with E-state index in [9.17, 15) is 0 Å². The topological polar surface area (TPSA) is 89.5 Å². The normalized spacial score (nSPS) is 13.2. The minimum atomic E-state index is -3.74. The predicted octanol–water partition coefficient (Wildman–Crippen LogP) is 6.11. The number of fused-ring (bicyclic) bond motifs is 2. The first-order valence-electron chi connectivity index (χ1n) is 16.0. The van der Waals surface area contributed by atoms with Crippen molar-refractivity contribution in [2.45, 2.75) is 0 Å². The zero-order valence-electron chi connectivity index (χ0n) is 27.3. The Hall–Kier alpha value is -5.42. The Balaban J connectivity index is 1.58. The van der Waals surface area contributed by atoms with Crippen LogP contribution in [0.25, 0.3) is 11.1 Å². The van der Waals surface area contributed by atoms with E-state index < -0.39 is 14.3 Å². The first-order chi connectivity index (χ1) is 24.5. The van der Waals surface area contributed by atoms with Gasteiger partial charge >= 0.3 is 0 Å². The fourth-order valence-electron chi connectivity index (χ4n) is 6.74. The molecule has 0 radical (unpaired) electrons. The molecular weight excluding hydrogens is 670 g/mol. The summed E-state index contributed by atoms with van der Waals surface area (Å²) < 4.78 is 68.9. The maximum Gasteiger partial charge on any atom is 0.231 e. The molecule has 0 saturated heterocycles. The Morgan fingerprint density at radius 2 is 0.720 bits per heavy atom. The first kappa shape index (κ1) is 31.8. The first-order valence-corrected chi connectivity index (χ1v) is 19.4. The highest BCUT2D eigenvalue weighted by atomic mass is 31.2. The molecule has 2 aliphatic rings. The van der Waals surface area contributed by atoms with Crippen LogP contribution in [0.1, 0.15) is 0 Å². The van der Waals surface area contributed by atoms with E-state index >= 15 is 9.13 Å². The lowest BCUT2D eigenvalue weighted by atomic mass is 10.0. The minimum Gasteiger partial charge on any atom is -0.493 e. The smallest absolute Gasteiger partial charge is 0.231 e. The summed E-state index contributed by atoms with van der Waals surface area (Å²) in [4.78, 5) is 0. The Bertz CT molecular complexity index is 2040. The molecule has 0 aliphatic carbocycles. The van der Waals surface area contributed by atoms with Crippen molar-refractivity contribution in [3.8, 4) is 45.6 Å². The lowest BCUT2D eigenvalue weighted by Crippen LogP contribution is -2.30. The van der Waals surface area contributed by atoms with Crippen molar-refractivity contribution < 1.29 is 37.6 Å². The van der Waals surface area contributed by atoms with E-state index in [0.717, 1.165) is 0 Å². The molecule has 6 aromatic carbocycles. The molecule has 0 atom stereocenters. The Kier molecular flexibility index (Phi) is 8.14.